The van der Waals surface area contributed by atoms with E-state index in [4.69, 9.17) is 14.9 Å². The van der Waals surface area contributed by atoms with Crippen LogP contribution in [0.3, 0.4) is 0 Å². The molecule has 88 valence electrons. The van der Waals surface area contributed by atoms with Crippen molar-refractivity contribution in [2.75, 3.05) is 0 Å². The molecule has 6 atom stereocenters. The number of hydrogen-bond donors (Lipinski definition) is 5. The van der Waals surface area contributed by atoms with Crippen LogP contribution in [-0.4, -0.2) is 68.1 Å². The number of aliphatic hydroxyl groups excluding tert-OH is 4. The Hall–Kier alpha value is -0.730. The zero-order valence-electron chi connectivity index (χ0n) is 8.02. The predicted octanol–water partition coefficient (Wildman–Crippen LogP) is -2.70. The minimum atomic E-state index is -1.94. The highest BCUT2D eigenvalue weighted by Gasteiger charge is 2.46. The second kappa shape index (κ2) is 4.42. The van der Waals surface area contributed by atoms with E-state index in [1.165, 1.54) is 6.92 Å². The Labute approximate surface area is 85.5 Å². The third-order valence-electron chi connectivity index (χ3n) is 2.45. The molecule has 0 bridgehead atoms. The SMILES string of the molecule is C[C@@H]1OC(C(O)C(=O)O)[C@H](O)[C@H](O)[C@H]1O. The molecule has 7 heteroatoms. The maximum Gasteiger partial charge on any atom is 0.335 e. The number of rotatable bonds is 2. The van der Waals surface area contributed by atoms with Gasteiger partial charge in [0.1, 0.15) is 24.4 Å². The molecule has 0 aromatic heterocycles. The number of carboxylic acid groups (broad SMARTS) is 1. The molecular weight excluding hydrogens is 208 g/mol. The van der Waals surface area contributed by atoms with Crippen molar-refractivity contribution in [2.45, 2.75) is 43.5 Å². The third-order valence-corrected chi connectivity index (χ3v) is 2.45. The Morgan fingerprint density at radius 3 is 2.20 bits per heavy atom. The van der Waals surface area contributed by atoms with Crippen LogP contribution in [0.4, 0.5) is 0 Å². The van der Waals surface area contributed by atoms with Gasteiger partial charge in [0.15, 0.2) is 6.10 Å². The van der Waals surface area contributed by atoms with Gasteiger partial charge in [0.05, 0.1) is 6.10 Å². The van der Waals surface area contributed by atoms with Crippen molar-refractivity contribution in [3.63, 3.8) is 0 Å². The van der Waals surface area contributed by atoms with Crippen molar-refractivity contribution in [2.24, 2.45) is 0 Å². The molecule has 1 aliphatic heterocycles. The molecule has 1 saturated heterocycles. The molecule has 1 rings (SSSR count). The number of aliphatic carboxylic acids is 1. The van der Waals surface area contributed by atoms with E-state index in [1.807, 2.05) is 0 Å². The van der Waals surface area contributed by atoms with E-state index in [9.17, 15) is 20.1 Å². The van der Waals surface area contributed by atoms with E-state index >= 15 is 0 Å². The molecule has 0 aromatic carbocycles. The normalized spacial score (nSPS) is 43.7. The standard InChI is InChI=1S/C8H14O7/c1-2-3(9)4(10)5(11)7(15-2)6(12)8(13)14/h2-7,9-12H,1H3,(H,13,14)/t2-,3-,4+,5+,6?,7?/m0/s1. The van der Waals surface area contributed by atoms with E-state index in [0.29, 0.717) is 0 Å². The zero-order chi connectivity index (χ0) is 11.7. The van der Waals surface area contributed by atoms with Crippen LogP contribution in [0.5, 0.6) is 0 Å². The molecule has 5 N–H and O–H groups in total. The lowest BCUT2D eigenvalue weighted by atomic mass is 9.93. The molecule has 0 aliphatic carbocycles. The highest BCUT2D eigenvalue weighted by molar-refractivity contribution is 5.72. The summed E-state index contributed by atoms with van der Waals surface area (Å²) in [6, 6.07) is 0. The molecule has 1 aliphatic rings. The van der Waals surface area contributed by atoms with Crippen LogP contribution < -0.4 is 0 Å². The van der Waals surface area contributed by atoms with Gasteiger partial charge < -0.3 is 30.3 Å². The summed E-state index contributed by atoms with van der Waals surface area (Å²) in [6.07, 6.45) is -8.73. The van der Waals surface area contributed by atoms with Crippen LogP contribution >= 0.6 is 0 Å². The fourth-order valence-corrected chi connectivity index (χ4v) is 1.48. The lowest BCUT2D eigenvalue weighted by Gasteiger charge is -2.40. The Balaban J connectivity index is 2.78. The van der Waals surface area contributed by atoms with Crippen molar-refractivity contribution >= 4 is 5.97 Å². The Kier molecular flexibility index (Phi) is 3.63. The molecule has 1 fully saturated rings. The van der Waals surface area contributed by atoms with Gasteiger partial charge in [-0.2, -0.15) is 0 Å². The summed E-state index contributed by atoms with van der Waals surface area (Å²) < 4.78 is 4.91. The largest absolute Gasteiger partial charge is 0.479 e. The third kappa shape index (κ3) is 2.27. The summed E-state index contributed by atoms with van der Waals surface area (Å²) in [4.78, 5) is 10.5. The van der Waals surface area contributed by atoms with Crippen LogP contribution in [0, 0.1) is 0 Å². The minimum Gasteiger partial charge on any atom is -0.479 e. The smallest absolute Gasteiger partial charge is 0.335 e. The minimum absolute atomic E-state index is 0.859. The molecule has 0 amide bonds. The first-order valence-electron chi connectivity index (χ1n) is 4.46. The maximum atomic E-state index is 10.5. The van der Waals surface area contributed by atoms with Crippen LogP contribution in [0.15, 0.2) is 0 Å². The van der Waals surface area contributed by atoms with Gasteiger partial charge in [-0.1, -0.05) is 0 Å². The van der Waals surface area contributed by atoms with Gasteiger partial charge in [-0.3, -0.25) is 0 Å². The summed E-state index contributed by atoms with van der Waals surface area (Å²) in [5.74, 6) is -1.56. The molecule has 15 heavy (non-hydrogen) atoms. The number of aliphatic hydroxyl groups is 4. The van der Waals surface area contributed by atoms with E-state index in [2.05, 4.69) is 0 Å². The molecule has 2 unspecified atom stereocenters. The van der Waals surface area contributed by atoms with Gasteiger partial charge >= 0.3 is 5.97 Å². The molecule has 1 heterocycles. The lowest BCUT2D eigenvalue weighted by molar-refractivity contribution is -0.239. The average molecular weight is 222 g/mol. The Morgan fingerprint density at radius 2 is 1.73 bits per heavy atom. The topological polar surface area (TPSA) is 127 Å². The first-order chi connectivity index (χ1) is 6.86. The molecule has 0 saturated carbocycles. The summed E-state index contributed by atoms with van der Waals surface area (Å²) in [5, 5.41) is 45.7. The Morgan fingerprint density at radius 1 is 1.20 bits per heavy atom. The first-order valence-corrected chi connectivity index (χ1v) is 4.46. The average Bonchev–Trinajstić information content (AvgIpc) is 2.19. The van der Waals surface area contributed by atoms with Crippen LogP contribution in [0.25, 0.3) is 0 Å². The number of hydrogen-bond acceptors (Lipinski definition) is 6. The van der Waals surface area contributed by atoms with Gasteiger partial charge in [0.25, 0.3) is 0 Å². The monoisotopic (exact) mass is 222 g/mol. The van der Waals surface area contributed by atoms with Gasteiger partial charge in [0.2, 0.25) is 0 Å². The quantitative estimate of drug-likeness (QED) is 0.344. The fourth-order valence-electron chi connectivity index (χ4n) is 1.48. The van der Waals surface area contributed by atoms with E-state index < -0.39 is 42.6 Å². The van der Waals surface area contributed by atoms with Crippen molar-refractivity contribution < 1.29 is 35.1 Å². The van der Waals surface area contributed by atoms with Gasteiger partial charge in [-0.05, 0) is 6.92 Å². The summed E-state index contributed by atoms with van der Waals surface area (Å²) in [7, 11) is 0. The molecule has 7 nitrogen and oxygen atoms in total. The number of carbonyl (C=O) groups is 1. The molecule has 0 aromatic rings. The molecule has 0 radical (unpaired) electrons. The van der Waals surface area contributed by atoms with Gasteiger partial charge in [-0.25, -0.2) is 4.79 Å². The van der Waals surface area contributed by atoms with E-state index in [0.717, 1.165) is 0 Å². The number of ether oxygens (including phenoxy) is 1. The van der Waals surface area contributed by atoms with E-state index in [-0.39, 0.29) is 0 Å². The van der Waals surface area contributed by atoms with Crippen LogP contribution in [-0.2, 0) is 9.53 Å². The van der Waals surface area contributed by atoms with Crippen molar-refractivity contribution in [1.29, 1.82) is 0 Å². The second-order valence-corrected chi connectivity index (χ2v) is 3.56. The zero-order valence-corrected chi connectivity index (χ0v) is 8.02. The highest BCUT2D eigenvalue weighted by Crippen LogP contribution is 2.23. The van der Waals surface area contributed by atoms with Crippen LogP contribution in [0.2, 0.25) is 0 Å². The summed E-state index contributed by atoms with van der Waals surface area (Å²) in [6.45, 7) is 1.40. The molecule has 0 spiro atoms. The van der Waals surface area contributed by atoms with Gasteiger partial charge in [-0.15, -0.1) is 0 Å². The summed E-state index contributed by atoms with van der Waals surface area (Å²) in [5.41, 5.74) is 0. The Bertz CT molecular complexity index is 243. The second-order valence-electron chi connectivity index (χ2n) is 3.56. The summed E-state index contributed by atoms with van der Waals surface area (Å²) >= 11 is 0. The lowest BCUT2D eigenvalue weighted by Crippen LogP contribution is -2.61. The predicted molar refractivity (Wildman–Crippen MR) is 46.0 cm³/mol. The fraction of sp³-hybridized carbons (Fsp3) is 0.875. The number of carboxylic acids is 1. The van der Waals surface area contributed by atoms with E-state index in [1.54, 1.807) is 0 Å². The maximum absolute atomic E-state index is 10.5. The molecular formula is C8H14O7. The first kappa shape index (κ1) is 12.3. The van der Waals surface area contributed by atoms with Gasteiger partial charge in [0, 0.05) is 0 Å². The van der Waals surface area contributed by atoms with Crippen LogP contribution in [0.1, 0.15) is 6.92 Å². The van der Waals surface area contributed by atoms with Crippen molar-refractivity contribution in [3.8, 4) is 0 Å². The van der Waals surface area contributed by atoms with Crippen molar-refractivity contribution in [3.05, 3.63) is 0 Å². The highest BCUT2D eigenvalue weighted by atomic mass is 16.5. The van der Waals surface area contributed by atoms with Crippen molar-refractivity contribution in [1.82, 2.24) is 0 Å².